The second kappa shape index (κ2) is 4.02. The minimum absolute atomic E-state index is 0.00365. The average molecular weight is 284 g/mol. The smallest absolute Gasteiger partial charge is 0.143 e. The number of rotatable bonds is 2. The maximum atomic E-state index is 12.8. The van der Waals surface area contributed by atoms with Gasteiger partial charge in [0.25, 0.3) is 0 Å². The van der Waals surface area contributed by atoms with Crippen LogP contribution in [0.25, 0.3) is 0 Å². The van der Waals surface area contributed by atoms with E-state index in [0.29, 0.717) is 6.61 Å². The summed E-state index contributed by atoms with van der Waals surface area (Å²) < 4.78 is 30.6. The lowest BCUT2D eigenvalue weighted by molar-refractivity contribution is 0.335. The Balaban J connectivity index is 3.04. The van der Waals surface area contributed by atoms with E-state index in [1.807, 2.05) is 0 Å². The molecule has 66 valence electrons. The lowest BCUT2D eigenvalue weighted by atomic mass is 10.3. The molecular weight excluding hydrogens is 277 g/mol. The standard InChI is InChI=1S/C8H7F2IO/c1-2-12-5-3-6(9)8(11)7(10)4-5/h3-4H,2H2,1H3. The molecule has 0 bridgehead atoms. The molecule has 1 aromatic rings. The number of benzene rings is 1. The minimum atomic E-state index is -0.584. The number of halogens is 3. The third-order valence-corrected chi connectivity index (χ3v) is 2.30. The molecule has 0 saturated heterocycles. The van der Waals surface area contributed by atoms with E-state index in [1.165, 1.54) is 12.1 Å². The van der Waals surface area contributed by atoms with Gasteiger partial charge in [0.2, 0.25) is 0 Å². The zero-order valence-corrected chi connectivity index (χ0v) is 8.56. The Morgan fingerprint density at radius 2 is 1.83 bits per heavy atom. The molecule has 1 nitrogen and oxygen atoms in total. The van der Waals surface area contributed by atoms with E-state index in [1.54, 1.807) is 29.5 Å². The molecule has 0 aromatic heterocycles. The predicted octanol–water partition coefficient (Wildman–Crippen LogP) is 2.97. The van der Waals surface area contributed by atoms with Crippen molar-refractivity contribution < 1.29 is 13.5 Å². The maximum Gasteiger partial charge on any atom is 0.143 e. The molecule has 0 amide bonds. The van der Waals surface area contributed by atoms with Gasteiger partial charge < -0.3 is 4.74 Å². The molecule has 0 fully saturated rings. The highest BCUT2D eigenvalue weighted by Gasteiger charge is 2.07. The van der Waals surface area contributed by atoms with E-state index >= 15 is 0 Å². The quantitative estimate of drug-likeness (QED) is 0.599. The Morgan fingerprint density at radius 3 is 2.25 bits per heavy atom. The molecule has 0 aliphatic heterocycles. The van der Waals surface area contributed by atoms with Crippen LogP contribution >= 0.6 is 22.6 Å². The summed E-state index contributed by atoms with van der Waals surface area (Å²) in [7, 11) is 0. The van der Waals surface area contributed by atoms with Gasteiger partial charge in [-0.25, -0.2) is 8.78 Å². The normalized spacial score (nSPS) is 10.0. The van der Waals surface area contributed by atoms with Crippen LogP contribution in [0.5, 0.6) is 5.75 Å². The van der Waals surface area contributed by atoms with Crippen LogP contribution in [-0.4, -0.2) is 6.61 Å². The molecule has 0 saturated carbocycles. The van der Waals surface area contributed by atoms with Crippen molar-refractivity contribution in [2.75, 3.05) is 6.61 Å². The van der Waals surface area contributed by atoms with Gasteiger partial charge in [0.15, 0.2) is 0 Å². The molecule has 0 unspecified atom stereocenters. The second-order valence-corrected chi connectivity index (χ2v) is 3.21. The summed E-state index contributed by atoms with van der Waals surface area (Å²) in [6, 6.07) is 2.35. The molecule has 0 aliphatic carbocycles. The molecular formula is C8H7F2IO. The average Bonchev–Trinajstić information content (AvgIpc) is 2.01. The Kier molecular flexibility index (Phi) is 3.25. The lowest BCUT2D eigenvalue weighted by Crippen LogP contribution is -1.95. The van der Waals surface area contributed by atoms with Crippen LogP contribution in [0.15, 0.2) is 12.1 Å². The van der Waals surface area contributed by atoms with Crippen molar-refractivity contribution in [1.29, 1.82) is 0 Å². The van der Waals surface area contributed by atoms with Crippen molar-refractivity contribution in [3.8, 4) is 5.75 Å². The first-order valence-electron chi connectivity index (χ1n) is 3.42. The van der Waals surface area contributed by atoms with Crippen molar-refractivity contribution in [1.82, 2.24) is 0 Å². The van der Waals surface area contributed by atoms with Crippen molar-refractivity contribution in [2.24, 2.45) is 0 Å². The first-order valence-corrected chi connectivity index (χ1v) is 4.50. The van der Waals surface area contributed by atoms with Gasteiger partial charge in [-0.3, -0.25) is 0 Å². The summed E-state index contributed by atoms with van der Waals surface area (Å²) in [6.45, 7) is 2.16. The molecule has 0 atom stereocenters. The molecule has 0 spiro atoms. The van der Waals surface area contributed by atoms with Crippen LogP contribution < -0.4 is 4.74 Å². The highest BCUT2D eigenvalue weighted by atomic mass is 127. The molecule has 4 heteroatoms. The SMILES string of the molecule is CCOc1cc(F)c(I)c(F)c1. The third kappa shape index (κ3) is 2.06. The fourth-order valence-electron chi connectivity index (χ4n) is 0.782. The van der Waals surface area contributed by atoms with Crippen molar-refractivity contribution in [3.63, 3.8) is 0 Å². The molecule has 0 heterocycles. The van der Waals surface area contributed by atoms with Crippen molar-refractivity contribution in [2.45, 2.75) is 6.92 Å². The highest BCUT2D eigenvalue weighted by Crippen LogP contribution is 2.21. The highest BCUT2D eigenvalue weighted by molar-refractivity contribution is 14.1. The van der Waals surface area contributed by atoms with E-state index in [2.05, 4.69) is 0 Å². The van der Waals surface area contributed by atoms with E-state index in [-0.39, 0.29) is 9.32 Å². The molecule has 12 heavy (non-hydrogen) atoms. The van der Waals surface area contributed by atoms with Gasteiger partial charge in [0, 0.05) is 12.1 Å². The van der Waals surface area contributed by atoms with Gasteiger partial charge in [-0.15, -0.1) is 0 Å². The van der Waals surface area contributed by atoms with E-state index < -0.39 is 11.6 Å². The predicted molar refractivity (Wildman–Crippen MR) is 50.2 cm³/mol. The summed E-state index contributed by atoms with van der Waals surface area (Å²) in [6.07, 6.45) is 0. The Morgan fingerprint density at radius 1 is 1.33 bits per heavy atom. The van der Waals surface area contributed by atoms with Gasteiger partial charge in [-0.05, 0) is 29.5 Å². The monoisotopic (exact) mass is 284 g/mol. The molecule has 0 N–H and O–H groups in total. The Labute approximate surface area is 82.9 Å². The van der Waals surface area contributed by atoms with Gasteiger partial charge >= 0.3 is 0 Å². The topological polar surface area (TPSA) is 9.23 Å². The molecule has 1 rings (SSSR count). The molecule has 1 aromatic carbocycles. The second-order valence-electron chi connectivity index (χ2n) is 2.13. The zero-order valence-electron chi connectivity index (χ0n) is 6.40. The maximum absolute atomic E-state index is 12.8. The van der Waals surface area contributed by atoms with Gasteiger partial charge in [-0.2, -0.15) is 0 Å². The van der Waals surface area contributed by atoms with Crippen LogP contribution in [0.2, 0.25) is 0 Å². The summed E-state index contributed by atoms with van der Waals surface area (Å²) in [5.41, 5.74) is 0. The fourth-order valence-corrected chi connectivity index (χ4v) is 1.09. The molecule has 0 radical (unpaired) electrons. The summed E-state index contributed by atoms with van der Waals surface area (Å²) >= 11 is 1.61. The van der Waals surface area contributed by atoms with Crippen molar-refractivity contribution in [3.05, 3.63) is 27.3 Å². The number of hydrogen-bond acceptors (Lipinski definition) is 1. The summed E-state index contributed by atoms with van der Waals surface area (Å²) in [5, 5.41) is 0. The number of hydrogen-bond donors (Lipinski definition) is 0. The van der Waals surface area contributed by atoms with Crippen LogP contribution in [0.1, 0.15) is 6.92 Å². The van der Waals surface area contributed by atoms with Crippen molar-refractivity contribution >= 4 is 22.6 Å². The van der Waals surface area contributed by atoms with Crippen LogP contribution in [0.4, 0.5) is 8.78 Å². The Bertz CT molecular complexity index is 265. The van der Waals surface area contributed by atoms with Crippen LogP contribution in [0, 0.1) is 15.2 Å². The summed E-state index contributed by atoms with van der Waals surface area (Å²) in [4.78, 5) is 0. The van der Waals surface area contributed by atoms with Crippen LogP contribution in [-0.2, 0) is 0 Å². The first-order chi connectivity index (χ1) is 5.65. The van der Waals surface area contributed by atoms with Gasteiger partial charge in [0.05, 0.1) is 10.2 Å². The largest absolute Gasteiger partial charge is 0.494 e. The fraction of sp³-hybridized carbons (Fsp3) is 0.250. The first kappa shape index (κ1) is 9.70. The number of ether oxygens (including phenoxy) is 1. The molecule has 0 aliphatic rings. The van der Waals surface area contributed by atoms with Crippen LogP contribution in [0.3, 0.4) is 0 Å². The van der Waals surface area contributed by atoms with E-state index in [0.717, 1.165) is 0 Å². The van der Waals surface area contributed by atoms with E-state index in [4.69, 9.17) is 4.74 Å². The van der Waals surface area contributed by atoms with E-state index in [9.17, 15) is 8.78 Å². The zero-order chi connectivity index (χ0) is 9.14. The summed E-state index contributed by atoms with van der Waals surface area (Å²) in [5.74, 6) is -0.939. The van der Waals surface area contributed by atoms with Gasteiger partial charge in [-0.1, -0.05) is 0 Å². The minimum Gasteiger partial charge on any atom is -0.494 e. The third-order valence-electron chi connectivity index (χ3n) is 1.27. The lowest BCUT2D eigenvalue weighted by Gasteiger charge is -2.04. The Hall–Kier alpha value is -0.390. The van der Waals surface area contributed by atoms with Gasteiger partial charge in [0.1, 0.15) is 17.4 Å².